The summed E-state index contributed by atoms with van der Waals surface area (Å²) < 4.78 is 13.0. The highest BCUT2D eigenvalue weighted by Crippen LogP contribution is 2.17. The lowest BCUT2D eigenvalue weighted by atomic mass is 10.4. The Morgan fingerprint density at radius 3 is 3.00 bits per heavy atom. The molecule has 0 unspecified atom stereocenters. The summed E-state index contributed by atoms with van der Waals surface area (Å²) in [6.45, 7) is 2.29. The first-order chi connectivity index (χ1) is 9.17. The molecule has 0 atom stereocenters. The molecule has 0 amide bonds. The number of aromatic nitrogens is 4. The Kier molecular flexibility index (Phi) is 2.83. The van der Waals surface area contributed by atoms with E-state index in [1.807, 2.05) is 17.6 Å². The Morgan fingerprint density at radius 2 is 2.32 bits per heavy atom. The molecule has 6 nitrogen and oxygen atoms in total. The van der Waals surface area contributed by atoms with Gasteiger partial charge in [-0.05, 0) is 25.2 Å². The lowest BCUT2D eigenvalue weighted by Crippen LogP contribution is -2.01. The molecule has 3 aromatic heterocycles. The smallest absolute Gasteiger partial charge is 0.215 e. The third-order valence-electron chi connectivity index (χ3n) is 2.76. The van der Waals surface area contributed by atoms with Crippen molar-refractivity contribution < 1.29 is 9.15 Å². The van der Waals surface area contributed by atoms with Crippen molar-refractivity contribution >= 4 is 23.4 Å². The Balaban J connectivity index is 2.11. The van der Waals surface area contributed by atoms with Gasteiger partial charge < -0.3 is 14.1 Å². The van der Waals surface area contributed by atoms with E-state index in [9.17, 15) is 0 Å². The number of H-pyrrole nitrogens is 1. The van der Waals surface area contributed by atoms with Gasteiger partial charge in [0, 0.05) is 6.07 Å². The highest BCUT2D eigenvalue weighted by atomic mass is 32.1. The number of rotatable bonds is 3. The van der Waals surface area contributed by atoms with E-state index < -0.39 is 0 Å². The van der Waals surface area contributed by atoms with Crippen LogP contribution in [0.25, 0.3) is 11.2 Å². The molecule has 0 aromatic carbocycles. The van der Waals surface area contributed by atoms with Gasteiger partial charge in [0.2, 0.25) is 11.8 Å². The molecule has 0 saturated heterocycles. The number of nitrogens with zero attached hydrogens (tertiary/aromatic N) is 3. The second-order valence-electron chi connectivity index (χ2n) is 4.11. The summed E-state index contributed by atoms with van der Waals surface area (Å²) in [6.07, 6.45) is 1.68. The molecule has 0 radical (unpaired) electrons. The number of imidazole rings is 1. The molecule has 3 rings (SSSR count). The van der Waals surface area contributed by atoms with Crippen molar-refractivity contribution in [3.05, 3.63) is 34.8 Å². The van der Waals surface area contributed by atoms with E-state index in [1.54, 1.807) is 19.4 Å². The summed E-state index contributed by atoms with van der Waals surface area (Å²) in [5.74, 6) is 1.91. The zero-order valence-electron chi connectivity index (χ0n) is 10.5. The standard InChI is InChI=1S/C12H12N4O2S/c1-7-5-13-10(18-7)6-16-11-8(14-12(16)19)3-4-9(15-11)17-2/h3-5H,6H2,1-2H3,(H,14,19). The van der Waals surface area contributed by atoms with Crippen LogP contribution in [-0.4, -0.2) is 26.6 Å². The van der Waals surface area contributed by atoms with Crippen molar-refractivity contribution in [2.75, 3.05) is 7.11 Å². The van der Waals surface area contributed by atoms with Gasteiger partial charge >= 0.3 is 0 Å². The molecule has 0 bridgehead atoms. The predicted octanol–water partition coefficient (Wildman–Crippen LogP) is 2.45. The molecule has 0 fully saturated rings. The fourth-order valence-electron chi connectivity index (χ4n) is 1.88. The molecule has 3 aromatic rings. The summed E-state index contributed by atoms with van der Waals surface area (Å²) in [5.41, 5.74) is 1.58. The zero-order valence-corrected chi connectivity index (χ0v) is 11.3. The molecule has 0 aliphatic rings. The summed E-state index contributed by atoms with van der Waals surface area (Å²) in [5, 5.41) is 0. The number of aryl methyl sites for hydroxylation is 1. The molecule has 7 heteroatoms. The van der Waals surface area contributed by atoms with E-state index in [2.05, 4.69) is 15.0 Å². The van der Waals surface area contributed by atoms with Crippen LogP contribution >= 0.6 is 12.2 Å². The second kappa shape index (κ2) is 4.51. The van der Waals surface area contributed by atoms with Crippen molar-refractivity contribution in [2.24, 2.45) is 0 Å². The van der Waals surface area contributed by atoms with Crippen molar-refractivity contribution in [2.45, 2.75) is 13.5 Å². The molecular weight excluding hydrogens is 264 g/mol. The highest BCUT2D eigenvalue weighted by molar-refractivity contribution is 7.71. The minimum Gasteiger partial charge on any atom is -0.481 e. The second-order valence-corrected chi connectivity index (χ2v) is 4.49. The number of methoxy groups -OCH3 is 1. The maximum absolute atomic E-state index is 5.47. The Hall–Kier alpha value is -2.15. The van der Waals surface area contributed by atoms with Crippen LogP contribution in [0, 0.1) is 11.7 Å². The number of hydrogen-bond donors (Lipinski definition) is 1. The quantitative estimate of drug-likeness (QED) is 0.744. The van der Waals surface area contributed by atoms with Gasteiger partial charge in [0.25, 0.3) is 0 Å². The number of aromatic amines is 1. The van der Waals surface area contributed by atoms with Crippen LogP contribution in [0.1, 0.15) is 11.7 Å². The van der Waals surface area contributed by atoms with E-state index in [1.165, 1.54) is 0 Å². The average Bonchev–Trinajstić information content (AvgIpc) is 2.94. The molecule has 0 aliphatic heterocycles. The molecule has 98 valence electrons. The monoisotopic (exact) mass is 276 g/mol. The number of ether oxygens (including phenoxy) is 1. The summed E-state index contributed by atoms with van der Waals surface area (Å²) in [6, 6.07) is 3.67. The Morgan fingerprint density at radius 1 is 1.47 bits per heavy atom. The fourth-order valence-corrected chi connectivity index (χ4v) is 2.14. The third kappa shape index (κ3) is 2.12. The van der Waals surface area contributed by atoms with Crippen molar-refractivity contribution in [3.8, 4) is 5.88 Å². The molecule has 0 saturated carbocycles. The van der Waals surface area contributed by atoms with Crippen LogP contribution in [0.3, 0.4) is 0 Å². The van der Waals surface area contributed by atoms with Crippen molar-refractivity contribution in [1.82, 2.24) is 19.5 Å². The number of hydrogen-bond acceptors (Lipinski definition) is 5. The maximum Gasteiger partial charge on any atom is 0.215 e. The first-order valence-corrected chi connectivity index (χ1v) is 6.13. The fraction of sp³-hybridized carbons (Fsp3) is 0.250. The number of nitrogens with one attached hydrogen (secondary N) is 1. The molecular formula is C12H12N4O2S. The van der Waals surface area contributed by atoms with E-state index in [0.717, 1.165) is 16.9 Å². The van der Waals surface area contributed by atoms with Gasteiger partial charge in [0.15, 0.2) is 10.4 Å². The minimum atomic E-state index is 0.437. The number of pyridine rings is 1. The largest absolute Gasteiger partial charge is 0.481 e. The van der Waals surface area contributed by atoms with Crippen LogP contribution in [-0.2, 0) is 6.54 Å². The number of oxazole rings is 1. The molecule has 19 heavy (non-hydrogen) atoms. The summed E-state index contributed by atoms with van der Waals surface area (Å²) >= 11 is 5.30. The SMILES string of the molecule is COc1ccc2[nH]c(=S)n(Cc3ncc(C)o3)c2n1. The van der Waals surface area contributed by atoms with Crippen molar-refractivity contribution in [1.29, 1.82) is 0 Å². The van der Waals surface area contributed by atoms with Gasteiger partial charge in [0.05, 0.1) is 18.8 Å². The molecule has 0 aliphatic carbocycles. The first-order valence-electron chi connectivity index (χ1n) is 5.72. The predicted molar refractivity (Wildman–Crippen MR) is 71.8 cm³/mol. The highest BCUT2D eigenvalue weighted by Gasteiger charge is 2.10. The number of fused-ring (bicyclic) bond motifs is 1. The van der Waals surface area contributed by atoms with Gasteiger partial charge in [-0.3, -0.25) is 4.57 Å². The summed E-state index contributed by atoms with van der Waals surface area (Å²) in [7, 11) is 1.58. The molecule has 1 N–H and O–H groups in total. The normalized spacial score (nSPS) is 11.1. The van der Waals surface area contributed by atoms with Crippen LogP contribution in [0.4, 0.5) is 0 Å². The first kappa shape index (κ1) is 11.9. The van der Waals surface area contributed by atoms with Crippen LogP contribution in [0.15, 0.2) is 22.7 Å². The lowest BCUT2D eigenvalue weighted by Gasteiger charge is -2.02. The third-order valence-corrected chi connectivity index (χ3v) is 3.09. The average molecular weight is 276 g/mol. The molecule has 0 spiro atoms. The van der Waals surface area contributed by atoms with E-state index in [0.29, 0.717) is 23.1 Å². The van der Waals surface area contributed by atoms with Crippen LogP contribution in [0.5, 0.6) is 5.88 Å². The zero-order chi connectivity index (χ0) is 13.4. The maximum atomic E-state index is 5.47. The van der Waals surface area contributed by atoms with E-state index in [4.69, 9.17) is 21.4 Å². The van der Waals surface area contributed by atoms with Gasteiger partial charge in [0.1, 0.15) is 12.3 Å². The van der Waals surface area contributed by atoms with Gasteiger partial charge in [-0.25, -0.2) is 4.98 Å². The molecule has 3 heterocycles. The van der Waals surface area contributed by atoms with Gasteiger partial charge in [-0.15, -0.1) is 0 Å². The van der Waals surface area contributed by atoms with Crippen LogP contribution < -0.4 is 4.74 Å². The van der Waals surface area contributed by atoms with E-state index >= 15 is 0 Å². The van der Waals surface area contributed by atoms with Gasteiger partial charge in [-0.2, -0.15) is 4.98 Å². The summed E-state index contributed by atoms with van der Waals surface area (Å²) in [4.78, 5) is 11.7. The van der Waals surface area contributed by atoms with Crippen LogP contribution in [0.2, 0.25) is 0 Å². The lowest BCUT2D eigenvalue weighted by molar-refractivity contribution is 0.398. The Labute approximate surface area is 114 Å². The van der Waals surface area contributed by atoms with Gasteiger partial charge in [-0.1, -0.05) is 0 Å². The van der Waals surface area contributed by atoms with E-state index in [-0.39, 0.29) is 0 Å². The Bertz CT molecular complexity index is 786. The minimum absolute atomic E-state index is 0.437. The van der Waals surface area contributed by atoms with Crippen molar-refractivity contribution in [3.63, 3.8) is 0 Å². The topological polar surface area (TPSA) is 68.9 Å².